The van der Waals surface area contributed by atoms with Crippen LogP contribution in [0.3, 0.4) is 0 Å². The predicted octanol–water partition coefficient (Wildman–Crippen LogP) is 7.57. The Morgan fingerprint density at radius 2 is 1.43 bits per heavy atom. The molecule has 0 spiro atoms. The number of ether oxygens (including phenoxy) is 2. The van der Waals surface area contributed by atoms with Gasteiger partial charge in [0.2, 0.25) is 0 Å². The molecule has 2 aromatic rings. The minimum atomic E-state index is -0.519. The number of hydrogen-bond donors (Lipinski definition) is 2. The van der Waals surface area contributed by atoms with Crippen molar-refractivity contribution in [2.45, 2.75) is 46.5 Å². The summed E-state index contributed by atoms with van der Waals surface area (Å²) >= 11 is 0. The smallest absolute Gasteiger partial charge is 0.411 e. The standard InChI is InChI=1S/C29H36N2O4/c1-22(2)11-10-12-24-17-18-29(23(3)19-24,20-34-27(32)30-25-13-6-4-7-14-25)21-35-28(33)31-26-15-8-5-9-16-26/h4-9,11,13-17,23H,10,12,18-21H2,1-3H3,(H,30,32)(H,31,33). The normalized spacial score (nSPS) is 16.4. The topological polar surface area (TPSA) is 76.7 Å². The Morgan fingerprint density at radius 3 is 1.89 bits per heavy atom. The molecule has 1 atom stereocenters. The summed E-state index contributed by atoms with van der Waals surface area (Å²) in [6.07, 6.45) is 7.02. The minimum absolute atomic E-state index is 0.156. The lowest BCUT2D eigenvalue weighted by molar-refractivity contribution is -0.00415. The summed E-state index contributed by atoms with van der Waals surface area (Å²) in [5.41, 5.74) is 3.56. The van der Waals surface area contributed by atoms with E-state index in [9.17, 15) is 9.59 Å². The first-order valence-electron chi connectivity index (χ1n) is 12.2. The molecule has 0 fully saturated rings. The van der Waals surface area contributed by atoms with Gasteiger partial charge in [-0.2, -0.15) is 0 Å². The summed E-state index contributed by atoms with van der Waals surface area (Å²) in [6.45, 7) is 6.67. The van der Waals surface area contributed by atoms with Crippen LogP contribution in [-0.4, -0.2) is 25.4 Å². The highest BCUT2D eigenvalue weighted by Gasteiger charge is 2.41. The zero-order valence-corrected chi connectivity index (χ0v) is 20.9. The molecular weight excluding hydrogens is 440 g/mol. The molecule has 1 unspecified atom stereocenters. The Hall–Kier alpha value is -3.54. The van der Waals surface area contributed by atoms with Gasteiger partial charge < -0.3 is 9.47 Å². The highest BCUT2D eigenvalue weighted by Crippen LogP contribution is 2.42. The number of anilines is 2. The second-order valence-electron chi connectivity index (χ2n) is 9.49. The summed E-state index contributed by atoms with van der Waals surface area (Å²) in [7, 11) is 0. The van der Waals surface area contributed by atoms with E-state index in [1.54, 1.807) is 24.3 Å². The molecule has 0 saturated carbocycles. The fourth-order valence-electron chi connectivity index (χ4n) is 4.21. The van der Waals surface area contributed by atoms with Gasteiger partial charge in [-0.15, -0.1) is 0 Å². The summed E-state index contributed by atoms with van der Waals surface area (Å²) in [5, 5.41) is 5.51. The number of amides is 2. The van der Waals surface area contributed by atoms with Crippen molar-refractivity contribution in [1.82, 2.24) is 0 Å². The summed E-state index contributed by atoms with van der Waals surface area (Å²) < 4.78 is 11.3. The maximum atomic E-state index is 12.5. The molecule has 2 amide bonds. The number of hydrogen-bond acceptors (Lipinski definition) is 4. The van der Waals surface area contributed by atoms with Gasteiger partial charge in [-0.05, 0) is 69.7 Å². The summed E-state index contributed by atoms with van der Waals surface area (Å²) in [4.78, 5) is 25.0. The van der Waals surface area contributed by atoms with Crippen LogP contribution in [0.2, 0.25) is 0 Å². The number of rotatable bonds is 9. The monoisotopic (exact) mass is 476 g/mol. The molecule has 0 bridgehead atoms. The van der Waals surface area contributed by atoms with Gasteiger partial charge in [0.25, 0.3) is 0 Å². The third kappa shape index (κ3) is 8.32. The number of allylic oxidation sites excluding steroid dienone is 4. The Bertz CT molecular complexity index is 970. The minimum Gasteiger partial charge on any atom is -0.449 e. The molecule has 0 heterocycles. The van der Waals surface area contributed by atoms with E-state index in [1.807, 2.05) is 36.4 Å². The maximum absolute atomic E-state index is 12.5. The Labute approximate surface area is 208 Å². The first-order chi connectivity index (χ1) is 16.9. The molecule has 0 aromatic heterocycles. The quantitative estimate of drug-likeness (QED) is 0.366. The molecule has 1 aliphatic carbocycles. The van der Waals surface area contributed by atoms with E-state index in [0.717, 1.165) is 19.3 Å². The lowest BCUT2D eigenvalue weighted by atomic mass is 9.68. The van der Waals surface area contributed by atoms with Crippen LogP contribution in [0.25, 0.3) is 0 Å². The van der Waals surface area contributed by atoms with Gasteiger partial charge >= 0.3 is 12.2 Å². The third-order valence-corrected chi connectivity index (χ3v) is 6.45. The van der Waals surface area contributed by atoms with Crippen molar-refractivity contribution < 1.29 is 19.1 Å². The number of carbonyl (C=O) groups excluding carboxylic acids is 2. The number of nitrogens with one attached hydrogen (secondary N) is 2. The molecule has 0 saturated heterocycles. The van der Waals surface area contributed by atoms with Crippen LogP contribution in [0.4, 0.5) is 21.0 Å². The lowest BCUT2D eigenvalue weighted by Gasteiger charge is -2.41. The van der Waals surface area contributed by atoms with Crippen LogP contribution >= 0.6 is 0 Å². The van der Waals surface area contributed by atoms with E-state index in [0.29, 0.717) is 17.8 Å². The first-order valence-corrected chi connectivity index (χ1v) is 12.2. The fraction of sp³-hybridized carbons (Fsp3) is 0.379. The zero-order chi connectivity index (χ0) is 25.1. The predicted molar refractivity (Wildman–Crippen MR) is 140 cm³/mol. The Balaban J connectivity index is 1.65. The SMILES string of the molecule is CC(C)=CCCC1=CCC(COC(=O)Nc2ccccc2)(COC(=O)Nc2ccccc2)C(C)C1. The van der Waals surface area contributed by atoms with Gasteiger partial charge in [-0.1, -0.05) is 66.6 Å². The Kier molecular flexibility index (Phi) is 9.53. The zero-order valence-electron chi connectivity index (χ0n) is 20.9. The molecule has 186 valence electrons. The first kappa shape index (κ1) is 26.1. The molecule has 3 rings (SSSR count). The van der Waals surface area contributed by atoms with E-state index < -0.39 is 17.6 Å². The molecule has 1 aliphatic rings. The number of para-hydroxylation sites is 2. The van der Waals surface area contributed by atoms with Crippen molar-refractivity contribution in [2.75, 3.05) is 23.8 Å². The van der Waals surface area contributed by atoms with Crippen LogP contribution in [0.15, 0.2) is 84.0 Å². The van der Waals surface area contributed by atoms with Crippen molar-refractivity contribution in [3.63, 3.8) is 0 Å². The van der Waals surface area contributed by atoms with E-state index in [1.165, 1.54) is 11.1 Å². The van der Waals surface area contributed by atoms with Gasteiger partial charge in [-0.3, -0.25) is 10.6 Å². The van der Waals surface area contributed by atoms with E-state index in [-0.39, 0.29) is 19.1 Å². The highest BCUT2D eigenvalue weighted by molar-refractivity contribution is 5.85. The second-order valence-corrected chi connectivity index (χ2v) is 9.49. The van der Waals surface area contributed by atoms with Gasteiger partial charge in [0.05, 0.1) is 0 Å². The van der Waals surface area contributed by atoms with Crippen LogP contribution in [0.1, 0.15) is 46.5 Å². The van der Waals surface area contributed by atoms with E-state index in [2.05, 4.69) is 43.6 Å². The molecule has 6 heteroatoms. The van der Waals surface area contributed by atoms with Gasteiger partial charge in [0.1, 0.15) is 13.2 Å². The number of carbonyl (C=O) groups is 2. The van der Waals surface area contributed by atoms with Gasteiger partial charge in [-0.25, -0.2) is 9.59 Å². The van der Waals surface area contributed by atoms with Gasteiger partial charge in [0, 0.05) is 16.8 Å². The molecule has 6 nitrogen and oxygen atoms in total. The molecule has 35 heavy (non-hydrogen) atoms. The number of benzene rings is 2. The van der Waals surface area contributed by atoms with E-state index in [4.69, 9.17) is 9.47 Å². The third-order valence-electron chi connectivity index (χ3n) is 6.45. The van der Waals surface area contributed by atoms with Crippen LogP contribution in [0.5, 0.6) is 0 Å². The Morgan fingerprint density at radius 1 is 0.914 bits per heavy atom. The fourth-order valence-corrected chi connectivity index (χ4v) is 4.21. The molecular formula is C29H36N2O4. The van der Waals surface area contributed by atoms with Gasteiger partial charge in [0.15, 0.2) is 0 Å². The van der Waals surface area contributed by atoms with Crippen LogP contribution in [-0.2, 0) is 9.47 Å². The maximum Gasteiger partial charge on any atom is 0.411 e. The second kappa shape index (κ2) is 12.8. The van der Waals surface area contributed by atoms with Crippen molar-refractivity contribution in [3.8, 4) is 0 Å². The molecule has 2 aromatic carbocycles. The van der Waals surface area contributed by atoms with Crippen LogP contribution in [0, 0.1) is 11.3 Å². The average Bonchev–Trinajstić information content (AvgIpc) is 2.84. The van der Waals surface area contributed by atoms with Crippen molar-refractivity contribution in [1.29, 1.82) is 0 Å². The molecule has 0 aliphatic heterocycles. The molecule has 2 N–H and O–H groups in total. The average molecular weight is 477 g/mol. The van der Waals surface area contributed by atoms with E-state index >= 15 is 0 Å². The van der Waals surface area contributed by atoms with Crippen molar-refractivity contribution in [2.24, 2.45) is 11.3 Å². The summed E-state index contributed by atoms with van der Waals surface area (Å²) in [5.74, 6) is 0.170. The highest BCUT2D eigenvalue weighted by atomic mass is 16.6. The van der Waals surface area contributed by atoms with Crippen LogP contribution < -0.4 is 10.6 Å². The summed E-state index contributed by atoms with van der Waals surface area (Å²) in [6, 6.07) is 18.4. The van der Waals surface area contributed by atoms with Crippen molar-refractivity contribution >= 4 is 23.6 Å². The largest absolute Gasteiger partial charge is 0.449 e. The van der Waals surface area contributed by atoms with Crippen molar-refractivity contribution in [3.05, 3.63) is 84.0 Å². The lowest BCUT2D eigenvalue weighted by Crippen LogP contribution is -2.42. The molecule has 0 radical (unpaired) electrons.